The Kier molecular flexibility index (Phi) is 4.48. The zero-order valence-electron chi connectivity index (χ0n) is 12.7. The van der Waals surface area contributed by atoms with Gasteiger partial charge in [-0.3, -0.25) is 4.79 Å². The fourth-order valence-corrected chi connectivity index (χ4v) is 4.65. The molecule has 23 heavy (non-hydrogen) atoms. The summed E-state index contributed by atoms with van der Waals surface area (Å²) in [5, 5.41) is 2.91. The van der Waals surface area contributed by atoms with Gasteiger partial charge in [0.25, 0.3) is 0 Å². The van der Waals surface area contributed by atoms with Gasteiger partial charge in [0, 0.05) is 6.04 Å². The number of benzene rings is 2. The average molecular weight is 329 g/mol. The summed E-state index contributed by atoms with van der Waals surface area (Å²) in [4.78, 5) is 12.8. The first-order valence-electron chi connectivity index (χ1n) is 7.66. The standard InChI is InChI=1S/C18H19NO3S/c20-18(19-16-11-12-23(21,22)13-16)17(14-7-3-1-4-8-14)15-9-5-2-6-10-15/h1-10,16-17H,11-13H2,(H,19,20)/t16-/m1/s1. The molecule has 0 bridgehead atoms. The highest BCUT2D eigenvalue weighted by atomic mass is 32.2. The summed E-state index contributed by atoms with van der Waals surface area (Å²) in [6, 6.07) is 18.8. The minimum atomic E-state index is -3.01. The third-order valence-corrected chi connectivity index (χ3v) is 5.87. The number of carbonyl (C=O) groups is 1. The van der Waals surface area contributed by atoms with Gasteiger partial charge in [0.2, 0.25) is 5.91 Å². The lowest BCUT2D eigenvalue weighted by atomic mass is 9.90. The molecule has 3 rings (SSSR count). The van der Waals surface area contributed by atoms with Gasteiger partial charge in [0.15, 0.2) is 9.84 Å². The minimum absolute atomic E-state index is 0.0367. The molecule has 0 saturated carbocycles. The minimum Gasteiger partial charge on any atom is -0.351 e. The first kappa shape index (κ1) is 15.7. The number of hydrogen-bond acceptors (Lipinski definition) is 3. The van der Waals surface area contributed by atoms with Crippen LogP contribution < -0.4 is 5.32 Å². The second kappa shape index (κ2) is 6.54. The Morgan fingerprint density at radius 3 is 1.91 bits per heavy atom. The van der Waals surface area contributed by atoms with E-state index in [9.17, 15) is 13.2 Å². The summed E-state index contributed by atoms with van der Waals surface area (Å²) < 4.78 is 23.2. The third-order valence-electron chi connectivity index (χ3n) is 4.11. The van der Waals surface area contributed by atoms with Crippen molar-refractivity contribution in [3.63, 3.8) is 0 Å². The van der Waals surface area contributed by atoms with Gasteiger partial charge >= 0.3 is 0 Å². The Hall–Kier alpha value is -2.14. The maximum absolute atomic E-state index is 12.8. The fraction of sp³-hybridized carbons (Fsp3) is 0.278. The van der Waals surface area contributed by atoms with Gasteiger partial charge in [-0.25, -0.2) is 8.42 Å². The molecule has 1 saturated heterocycles. The Labute approximate surface area is 136 Å². The van der Waals surface area contributed by atoms with Gasteiger partial charge in [-0.1, -0.05) is 60.7 Å². The van der Waals surface area contributed by atoms with Gasteiger partial charge in [0.05, 0.1) is 17.4 Å². The molecule has 1 fully saturated rings. The van der Waals surface area contributed by atoms with Gasteiger partial charge in [-0.05, 0) is 17.5 Å². The molecular formula is C18H19NO3S. The molecule has 1 amide bonds. The smallest absolute Gasteiger partial charge is 0.232 e. The Balaban J connectivity index is 1.85. The van der Waals surface area contributed by atoms with Crippen molar-refractivity contribution < 1.29 is 13.2 Å². The summed E-state index contributed by atoms with van der Waals surface area (Å²) >= 11 is 0. The van der Waals surface area contributed by atoms with Crippen LogP contribution in [-0.4, -0.2) is 31.9 Å². The van der Waals surface area contributed by atoms with E-state index in [1.54, 1.807) is 0 Å². The second-order valence-electron chi connectivity index (χ2n) is 5.86. The molecule has 0 aromatic heterocycles. The molecule has 2 aromatic rings. The van der Waals surface area contributed by atoms with Crippen LogP contribution in [0.3, 0.4) is 0 Å². The molecular weight excluding hydrogens is 310 g/mol. The number of carbonyl (C=O) groups excluding carboxylic acids is 1. The highest BCUT2D eigenvalue weighted by molar-refractivity contribution is 7.91. The molecule has 2 aromatic carbocycles. The number of amides is 1. The molecule has 1 heterocycles. The predicted octanol–water partition coefficient (Wildman–Crippen LogP) is 2.12. The van der Waals surface area contributed by atoms with E-state index in [0.717, 1.165) is 11.1 Å². The van der Waals surface area contributed by atoms with Crippen LogP contribution in [0.25, 0.3) is 0 Å². The van der Waals surface area contributed by atoms with E-state index in [1.165, 1.54) is 0 Å². The van der Waals surface area contributed by atoms with Gasteiger partial charge < -0.3 is 5.32 Å². The molecule has 1 N–H and O–H groups in total. The van der Waals surface area contributed by atoms with Crippen LogP contribution in [0.5, 0.6) is 0 Å². The van der Waals surface area contributed by atoms with E-state index in [4.69, 9.17) is 0 Å². The average Bonchev–Trinajstić information content (AvgIpc) is 2.88. The molecule has 0 aliphatic carbocycles. The van der Waals surface area contributed by atoms with E-state index in [1.807, 2.05) is 60.7 Å². The van der Waals surface area contributed by atoms with Crippen molar-refractivity contribution in [3.05, 3.63) is 71.8 Å². The van der Waals surface area contributed by atoms with Crippen molar-refractivity contribution in [3.8, 4) is 0 Å². The number of rotatable bonds is 4. The van der Waals surface area contributed by atoms with Crippen LogP contribution >= 0.6 is 0 Å². The Bertz CT molecular complexity index is 733. The quantitative estimate of drug-likeness (QED) is 0.934. The third kappa shape index (κ3) is 3.79. The summed E-state index contributed by atoms with van der Waals surface area (Å²) in [7, 11) is -3.01. The summed E-state index contributed by atoms with van der Waals surface area (Å²) in [5.41, 5.74) is 1.80. The second-order valence-corrected chi connectivity index (χ2v) is 8.09. The summed E-state index contributed by atoms with van der Waals surface area (Å²) in [6.45, 7) is 0. The van der Waals surface area contributed by atoms with Crippen molar-refractivity contribution in [1.82, 2.24) is 5.32 Å². The van der Waals surface area contributed by atoms with Crippen LogP contribution in [0, 0.1) is 0 Å². The Morgan fingerprint density at radius 2 is 1.48 bits per heavy atom. The SMILES string of the molecule is O=C(N[C@@H]1CCS(=O)(=O)C1)C(c1ccccc1)c1ccccc1. The van der Waals surface area contributed by atoms with Crippen molar-refractivity contribution in [2.45, 2.75) is 18.4 Å². The molecule has 5 heteroatoms. The normalized spacial score (nSPS) is 19.6. The lowest BCUT2D eigenvalue weighted by Gasteiger charge is -2.20. The largest absolute Gasteiger partial charge is 0.351 e. The Morgan fingerprint density at radius 1 is 0.957 bits per heavy atom. The zero-order chi connectivity index (χ0) is 16.3. The molecule has 4 nitrogen and oxygen atoms in total. The molecule has 1 atom stereocenters. The van der Waals surface area contributed by atoms with Crippen LogP contribution in [0.1, 0.15) is 23.5 Å². The molecule has 1 aliphatic rings. The van der Waals surface area contributed by atoms with Crippen LogP contribution in [0.15, 0.2) is 60.7 Å². The van der Waals surface area contributed by atoms with Gasteiger partial charge in [-0.15, -0.1) is 0 Å². The first-order valence-corrected chi connectivity index (χ1v) is 9.48. The van der Waals surface area contributed by atoms with Crippen LogP contribution in [0.4, 0.5) is 0 Å². The van der Waals surface area contributed by atoms with E-state index in [-0.39, 0.29) is 23.5 Å². The number of hydrogen-bond donors (Lipinski definition) is 1. The van der Waals surface area contributed by atoms with E-state index >= 15 is 0 Å². The monoisotopic (exact) mass is 329 g/mol. The number of sulfone groups is 1. The maximum atomic E-state index is 12.8. The van der Waals surface area contributed by atoms with Gasteiger partial charge in [-0.2, -0.15) is 0 Å². The van der Waals surface area contributed by atoms with Crippen molar-refractivity contribution >= 4 is 15.7 Å². The lowest BCUT2D eigenvalue weighted by Crippen LogP contribution is -2.39. The van der Waals surface area contributed by atoms with Crippen LogP contribution in [-0.2, 0) is 14.6 Å². The van der Waals surface area contributed by atoms with Crippen molar-refractivity contribution in [2.24, 2.45) is 0 Å². The van der Waals surface area contributed by atoms with E-state index in [2.05, 4.69) is 5.32 Å². The molecule has 0 radical (unpaired) electrons. The zero-order valence-corrected chi connectivity index (χ0v) is 13.5. The molecule has 0 unspecified atom stereocenters. The number of nitrogens with one attached hydrogen (secondary N) is 1. The summed E-state index contributed by atoms with van der Waals surface area (Å²) in [6.07, 6.45) is 0.490. The van der Waals surface area contributed by atoms with Gasteiger partial charge in [0.1, 0.15) is 0 Å². The predicted molar refractivity (Wildman–Crippen MR) is 89.9 cm³/mol. The summed E-state index contributed by atoms with van der Waals surface area (Å²) in [5.74, 6) is -0.390. The van der Waals surface area contributed by atoms with Crippen molar-refractivity contribution in [2.75, 3.05) is 11.5 Å². The van der Waals surface area contributed by atoms with Crippen LogP contribution in [0.2, 0.25) is 0 Å². The topological polar surface area (TPSA) is 63.2 Å². The fourth-order valence-electron chi connectivity index (χ4n) is 2.98. The first-order chi connectivity index (χ1) is 11.1. The highest BCUT2D eigenvalue weighted by Gasteiger charge is 2.31. The maximum Gasteiger partial charge on any atom is 0.232 e. The molecule has 0 spiro atoms. The highest BCUT2D eigenvalue weighted by Crippen LogP contribution is 2.25. The molecule has 1 aliphatic heterocycles. The lowest BCUT2D eigenvalue weighted by molar-refractivity contribution is -0.122. The van der Waals surface area contributed by atoms with E-state index < -0.39 is 15.8 Å². The van der Waals surface area contributed by atoms with Crippen molar-refractivity contribution in [1.29, 1.82) is 0 Å². The molecule has 120 valence electrons. The van der Waals surface area contributed by atoms with E-state index in [0.29, 0.717) is 6.42 Å².